The van der Waals surface area contributed by atoms with Gasteiger partial charge < -0.3 is 4.90 Å². The molecule has 0 radical (unpaired) electrons. The van der Waals surface area contributed by atoms with Gasteiger partial charge >= 0.3 is 0 Å². The van der Waals surface area contributed by atoms with Gasteiger partial charge in [0.05, 0.1) is 0 Å². The zero-order valence-corrected chi connectivity index (χ0v) is 11.0. The maximum Gasteiger partial charge on any atom is 0.105 e. The molecule has 1 heterocycles. The normalized spacial score (nSPS) is 32.1. The molecule has 1 saturated heterocycles. The molecule has 0 aromatic rings. The number of hydrogen-bond acceptors (Lipinski definition) is 1. The fourth-order valence-electron chi connectivity index (χ4n) is 2.75. The molecule has 2 atom stereocenters. The molecule has 2 unspecified atom stereocenters. The van der Waals surface area contributed by atoms with Gasteiger partial charge in [0.15, 0.2) is 0 Å². The number of rotatable bonds is 1. The summed E-state index contributed by atoms with van der Waals surface area (Å²) in [6.45, 7) is 3.65. The minimum Gasteiger partial charge on any atom is -0.303 e. The quantitative estimate of drug-likeness (QED) is 0.600. The SMILES string of the molecule is BC1CCCCCCN(C)C(CC)CC1. The molecule has 0 saturated carbocycles. The highest BCUT2D eigenvalue weighted by atomic mass is 15.1. The molecular formula is C13H28BN. The third kappa shape index (κ3) is 5.06. The van der Waals surface area contributed by atoms with E-state index in [-0.39, 0.29) is 0 Å². The van der Waals surface area contributed by atoms with Gasteiger partial charge in [-0.3, -0.25) is 0 Å². The maximum atomic E-state index is 2.60. The Morgan fingerprint density at radius 3 is 2.53 bits per heavy atom. The van der Waals surface area contributed by atoms with Gasteiger partial charge in [-0.1, -0.05) is 44.8 Å². The van der Waals surface area contributed by atoms with Gasteiger partial charge in [-0.25, -0.2) is 0 Å². The Labute approximate surface area is 97.0 Å². The lowest BCUT2D eigenvalue weighted by molar-refractivity contribution is 0.217. The average molecular weight is 209 g/mol. The number of nitrogens with zero attached hydrogens (tertiary/aromatic N) is 1. The summed E-state index contributed by atoms with van der Waals surface area (Å²) in [5, 5.41) is 0. The topological polar surface area (TPSA) is 3.24 Å². The Morgan fingerprint density at radius 1 is 1.07 bits per heavy atom. The second-order valence-corrected chi connectivity index (χ2v) is 5.43. The Hall–Kier alpha value is 0.0249. The molecule has 1 aliphatic rings. The first kappa shape index (κ1) is 13.1. The minimum atomic E-state index is 0.838. The van der Waals surface area contributed by atoms with Gasteiger partial charge in [-0.05, 0) is 32.9 Å². The van der Waals surface area contributed by atoms with Crippen molar-refractivity contribution < 1.29 is 0 Å². The highest BCUT2D eigenvalue weighted by Gasteiger charge is 2.14. The Balaban J connectivity index is 2.42. The van der Waals surface area contributed by atoms with E-state index in [0.717, 1.165) is 11.9 Å². The van der Waals surface area contributed by atoms with Crippen molar-refractivity contribution in [1.82, 2.24) is 4.90 Å². The molecule has 1 aliphatic heterocycles. The van der Waals surface area contributed by atoms with Crippen LogP contribution in [0.5, 0.6) is 0 Å². The third-order valence-corrected chi connectivity index (χ3v) is 4.05. The third-order valence-electron chi connectivity index (χ3n) is 4.05. The smallest absolute Gasteiger partial charge is 0.105 e. The zero-order chi connectivity index (χ0) is 11.1. The highest BCUT2D eigenvalue weighted by Crippen LogP contribution is 2.23. The average Bonchev–Trinajstić information content (AvgIpc) is 2.26. The molecular weight excluding hydrogens is 181 g/mol. The van der Waals surface area contributed by atoms with Crippen LogP contribution in [0.3, 0.4) is 0 Å². The Bertz CT molecular complexity index is 161. The standard InChI is InChI=1S/C13H28BN/c1-3-13-10-9-12(14)8-6-4-5-7-11-15(13)2/h12-13H,3-11,14H2,1-2H3. The Morgan fingerprint density at radius 2 is 1.80 bits per heavy atom. The molecule has 1 rings (SSSR count). The Kier molecular flexibility index (Phi) is 6.39. The summed E-state index contributed by atoms with van der Waals surface area (Å²) in [6, 6.07) is 0.838. The second kappa shape index (κ2) is 7.32. The van der Waals surface area contributed by atoms with Crippen molar-refractivity contribution in [1.29, 1.82) is 0 Å². The van der Waals surface area contributed by atoms with Crippen molar-refractivity contribution in [2.75, 3.05) is 13.6 Å². The largest absolute Gasteiger partial charge is 0.303 e. The summed E-state index contributed by atoms with van der Waals surface area (Å²) in [5.41, 5.74) is 0. The van der Waals surface area contributed by atoms with Crippen LogP contribution in [0.15, 0.2) is 0 Å². The van der Waals surface area contributed by atoms with Crippen LogP contribution in [0.25, 0.3) is 0 Å². The maximum absolute atomic E-state index is 2.60. The molecule has 88 valence electrons. The molecule has 0 spiro atoms. The van der Waals surface area contributed by atoms with Crippen LogP contribution in [0.1, 0.15) is 58.3 Å². The summed E-state index contributed by atoms with van der Waals surface area (Å²) in [6.07, 6.45) is 11.4. The van der Waals surface area contributed by atoms with E-state index in [9.17, 15) is 0 Å². The van der Waals surface area contributed by atoms with Crippen molar-refractivity contribution in [3.05, 3.63) is 0 Å². The highest BCUT2D eigenvalue weighted by molar-refractivity contribution is 6.11. The first-order chi connectivity index (χ1) is 7.24. The van der Waals surface area contributed by atoms with E-state index < -0.39 is 0 Å². The van der Waals surface area contributed by atoms with Crippen molar-refractivity contribution in [3.63, 3.8) is 0 Å². The van der Waals surface area contributed by atoms with Gasteiger partial charge in [-0.2, -0.15) is 0 Å². The van der Waals surface area contributed by atoms with E-state index in [4.69, 9.17) is 0 Å². The monoisotopic (exact) mass is 209 g/mol. The van der Waals surface area contributed by atoms with Crippen LogP contribution >= 0.6 is 0 Å². The van der Waals surface area contributed by atoms with Gasteiger partial charge in [0, 0.05) is 6.04 Å². The van der Waals surface area contributed by atoms with Gasteiger partial charge in [0.25, 0.3) is 0 Å². The fraction of sp³-hybridized carbons (Fsp3) is 1.00. The summed E-state index contributed by atoms with van der Waals surface area (Å²) < 4.78 is 0. The van der Waals surface area contributed by atoms with Crippen LogP contribution < -0.4 is 0 Å². The van der Waals surface area contributed by atoms with Gasteiger partial charge in [0.1, 0.15) is 7.85 Å². The lowest BCUT2D eigenvalue weighted by Gasteiger charge is -2.27. The lowest BCUT2D eigenvalue weighted by Crippen LogP contribution is -2.32. The lowest BCUT2D eigenvalue weighted by atomic mass is 9.78. The minimum absolute atomic E-state index is 0.838. The first-order valence-corrected chi connectivity index (χ1v) is 6.94. The molecule has 0 amide bonds. The molecule has 0 aromatic heterocycles. The predicted molar refractivity (Wildman–Crippen MR) is 71.3 cm³/mol. The van der Waals surface area contributed by atoms with E-state index in [2.05, 4.69) is 26.7 Å². The molecule has 0 bridgehead atoms. The molecule has 1 nitrogen and oxygen atoms in total. The molecule has 0 aliphatic carbocycles. The van der Waals surface area contributed by atoms with E-state index in [1.807, 2.05) is 0 Å². The summed E-state index contributed by atoms with van der Waals surface area (Å²) in [4.78, 5) is 2.60. The second-order valence-electron chi connectivity index (χ2n) is 5.43. The molecule has 1 fully saturated rings. The molecule has 15 heavy (non-hydrogen) atoms. The van der Waals surface area contributed by atoms with Crippen LogP contribution in [0, 0.1) is 0 Å². The first-order valence-electron chi connectivity index (χ1n) is 6.94. The van der Waals surface area contributed by atoms with Crippen molar-refractivity contribution in [3.8, 4) is 0 Å². The fourth-order valence-corrected chi connectivity index (χ4v) is 2.75. The van der Waals surface area contributed by atoms with Crippen LogP contribution in [-0.2, 0) is 0 Å². The van der Waals surface area contributed by atoms with Crippen molar-refractivity contribution >= 4 is 7.85 Å². The number of hydrogen-bond donors (Lipinski definition) is 0. The predicted octanol–water partition coefficient (Wildman–Crippen LogP) is 2.86. The zero-order valence-electron chi connectivity index (χ0n) is 11.0. The van der Waals surface area contributed by atoms with E-state index in [1.54, 1.807) is 0 Å². The molecule has 0 N–H and O–H groups in total. The van der Waals surface area contributed by atoms with Gasteiger partial charge in [0.2, 0.25) is 0 Å². The summed E-state index contributed by atoms with van der Waals surface area (Å²) in [7, 11) is 4.75. The molecule has 2 heteroatoms. The van der Waals surface area contributed by atoms with Crippen LogP contribution in [-0.4, -0.2) is 32.4 Å². The van der Waals surface area contributed by atoms with E-state index >= 15 is 0 Å². The van der Waals surface area contributed by atoms with Gasteiger partial charge in [-0.15, -0.1) is 0 Å². The summed E-state index contributed by atoms with van der Waals surface area (Å²) >= 11 is 0. The van der Waals surface area contributed by atoms with Crippen molar-refractivity contribution in [2.24, 2.45) is 0 Å². The summed E-state index contributed by atoms with van der Waals surface area (Å²) in [5.74, 6) is 0.950. The molecule has 0 aromatic carbocycles. The van der Waals surface area contributed by atoms with E-state index in [1.165, 1.54) is 57.9 Å². The van der Waals surface area contributed by atoms with Crippen molar-refractivity contribution in [2.45, 2.75) is 70.1 Å². The van der Waals surface area contributed by atoms with E-state index in [0.29, 0.717) is 0 Å². The van der Waals surface area contributed by atoms with Crippen LogP contribution in [0.4, 0.5) is 0 Å². The van der Waals surface area contributed by atoms with Crippen LogP contribution in [0.2, 0.25) is 5.82 Å².